The van der Waals surface area contributed by atoms with Crippen LogP contribution in [0.15, 0.2) is 47.8 Å². The van der Waals surface area contributed by atoms with Crippen molar-refractivity contribution in [2.24, 2.45) is 0 Å². The third-order valence-corrected chi connectivity index (χ3v) is 4.54. The highest BCUT2D eigenvalue weighted by molar-refractivity contribution is 7.09. The van der Waals surface area contributed by atoms with Crippen molar-refractivity contribution in [3.05, 3.63) is 81.3 Å². The molecule has 0 spiro atoms. The van der Waals surface area contributed by atoms with Crippen LogP contribution in [0.3, 0.4) is 0 Å². The molecule has 3 rings (SSSR count). The number of nitrogens with zero attached hydrogens (tertiary/aromatic N) is 1. The van der Waals surface area contributed by atoms with Gasteiger partial charge in [-0.05, 0) is 11.6 Å². The molecule has 1 heterocycles. The Labute approximate surface area is 157 Å². The van der Waals surface area contributed by atoms with E-state index in [-0.39, 0.29) is 11.4 Å². The first kappa shape index (κ1) is 18.7. The molecule has 27 heavy (non-hydrogen) atoms. The van der Waals surface area contributed by atoms with E-state index < -0.39 is 29.1 Å². The normalized spacial score (nSPS) is 10.5. The second-order valence-corrected chi connectivity index (χ2v) is 6.49. The van der Waals surface area contributed by atoms with Crippen molar-refractivity contribution >= 4 is 28.9 Å². The van der Waals surface area contributed by atoms with Crippen molar-refractivity contribution in [3.63, 3.8) is 0 Å². The number of amides is 1. The number of hydrogen-bond acceptors (Lipinski definition) is 5. The minimum atomic E-state index is -1.07. The third kappa shape index (κ3) is 4.35. The highest BCUT2D eigenvalue weighted by atomic mass is 32.1. The number of aromatic nitrogens is 1. The predicted octanol–water partition coefficient (Wildman–Crippen LogP) is 4.05. The first-order chi connectivity index (χ1) is 13.0. The molecule has 138 valence electrons. The summed E-state index contributed by atoms with van der Waals surface area (Å²) in [4.78, 5) is 28.1. The number of rotatable bonds is 5. The van der Waals surface area contributed by atoms with Crippen molar-refractivity contribution in [1.82, 2.24) is 4.98 Å². The van der Waals surface area contributed by atoms with E-state index in [4.69, 9.17) is 0 Å². The van der Waals surface area contributed by atoms with Gasteiger partial charge in [-0.3, -0.25) is 4.79 Å². The molecule has 0 bridgehead atoms. The lowest BCUT2D eigenvalue weighted by Crippen LogP contribution is -2.15. The van der Waals surface area contributed by atoms with E-state index in [1.165, 1.54) is 11.3 Å². The van der Waals surface area contributed by atoms with E-state index in [0.29, 0.717) is 12.5 Å². The Balaban J connectivity index is 1.77. The fraction of sp³-hybridized carbons (Fsp3) is 0.105. The molecule has 3 aromatic rings. The Bertz CT molecular complexity index is 990. The van der Waals surface area contributed by atoms with Gasteiger partial charge in [-0.2, -0.15) is 0 Å². The number of methoxy groups -OCH3 is 1. The molecule has 0 atom stereocenters. The second kappa shape index (κ2) is 8.05. The van der Waals surface area contributed by atoms with Crippen LogP contribution in [0.2, 0.25) is 0 Å². The van der Waals surface area contributed by atoms with E-state index in [1.807, 2.05) is 30.3 Å². The molecule has 0 aliphatic heterocycles. The van der Waals surface area contributed by atoms with Gasteiger partial charge in [0.05, 0.1) is 23.4 Å². The van der Waals surface area contributed by atoms with Crippen LogP contribution < -0.4 is 5.32 Å². The van der Waals surface area contributed by atoms with E-state index in [9.17, 15) is 18.4 Å². The maximum atomic E-state index is 13.9. The summed E-state index contributed by atoms with van der Waals surface area (Å²) in [6.07, 6.45) is 0.566. The lowest BCUT2D eigenvalue weighted by Gasteiger charge is -2.08. The Morgan fingerprint density at radius 3 is 2.59 bits per heavy atom. The van der Waals surface area contributed by atoms with Gasteiger partial charge in [-0.15, -0.1) is 11.3 Å². The minimum absolute atomic E-state index is 0.106. The standard InChI is InChI=1S/C19H14F2N2O3S/c1-26-19(25)12-8-15(14(21)9-13(12)20)23-18(24)16-10-27-17(22-16)7-11-5-3-2-4-6-11/h2-6,8-10H,7H2,1H3,(H,23,24). The molecule has 5 nitrogen and oxygen atoms in total. The van der Waals surface area contributed by atoms with Gasteiger partial charge in [0.25, 0.3) is 5.91 Å². The first-order valence-electron chi connectivity index (χ1n) is 7.85. The molecular weight excluding hydrogens is 374 g/mol. The van der Waals surface area contributed by atoms with Gasteiger partial charge in [0, 0.05) is 17.9 Å². The zero-order chi connectivity index (χ0) is 19.4. The summed E-state index contributed by atoms with van der Waals surface area (Å²) in [6, 6.07) is 11.0. The smallest absolute Gasteiger partial charge is 0.340 e. The van der Waals surface area contributed by atoms with Crippen LogP contribution in [0.1, 0.15) is 31.4 Å². The number of hydrogen-bond donors (Lipinski definition) is 1. The van der Waals surface area contributed by atoms with E-state index >= 15 is 0 Å². The maximum absolute atomic E-state index is 13.9. The number of carbonyl (C=O) groups excluding carboxylic acids is 2. The van der Waals surface area contributed by atoms with Gasteiger partial charge in [0.15, 0.2) is 0 Å². The number of ether oxygens (including phenoxy) is 1. The molecule has 1 amide bonds. The lowest BCUT2D eigenvalue weighted by atomic mass is 10.1. The summed E-state index contributed by atoms with van der Waals surface area (Å²) in [5.74, 6) is -3.71. The monoisotopic (exact) mass is 388 g/mol. The Hall–Kier alpha value is -3.13. The number of thiazole rings is 1. The Kier molecular flexibility index (Phi) is 5.56. The summed E-state index contributed by atoms with van der Waals surface area (Å²) >= 11 is 1.30. The zero-order valence-electron chi connectivity index (χ0n) is 14.2. The summed E-state index contributed by atoms with van der Waals surface area (Å²) in [5, 5.41) is 4.58. The molecule has 8 heteroatoms. The molecule has 0 fully saturated rings. The summed E-state index contributed by atoms with van der Waals surface area (Å²) in [7, 11) is 1.08. The van der Waals surface area contributed by atoms with Gasteiger partial charge >= 0.3 is 5.97 Å². The first-order valence-corrected chi connectivity index (χ1v) is 8.73. The van der Waals surface area contributed by atoms with Crippen molar-refractivity contribution in [3.8, 4) is 0 Å². The molecule has 0 saturated heterocycles. The number of halogens is 2. The summed E-state index contributed by atoms with van der Waals surface area (Å²) < 4.78 is 32.1. The number of nitrogens with one attached hydrogen (secondary N) is 1. The van der Waals surface area contributed by atoms with Crippen LogP contribution in [0.5, 0.6) is 0 Å². The van der Waals surface area contributed by atoms with Gasteiger partial charge in [-0.1, -0.05) is 30.3 Å². The number of benzene rings is 2. The average molecular weight is 388 g/mol. The van der Waals surface area contributed by atoms with Gasteiger partial charge < -0.3 is 10.1 Å². The molecule has 1 N–H and O–H groups in total. The lowest BCUT2D eigenvalue weighted by molar-refractivity contribution is 0.0595. The number of anilines is 1. The fourth-order valence-corrected chi connectivity index (χ4v) is 3.17. The molecule has 2 aromatic carbocycles. The van der Waals surface area contributed by atoms with Crippen LogP contribution in [0, 0.1) is 11.6 Å². The van der Waals surface area contributed by atoms with E-state index in [0.717, 1.165) is 23.7 Å². The molecule has 0 aliphatic carbocycles. The number of esters is 1. The van der Waals surface area contributed by atoms with Crippen LogP contribution in [-0.2, 0) is 11.2 Å². The minimum Gasteiger partial charge on any atom is -0.465 e. The van der Waals surface area contributed by atoms with Crippen molar-refractivity contribution in [2.45, 2.75) is 6.42 Å². The average Bonchev–Trinajstić information content (AvgIpc) is 3.12. The molecule has 0 unspecified atom stereocenters. The zero-order valence-corrected chi connectivity index (χ0v) is 15.0. The van der Waals surface area contributed by atoms with Gasteiger partial charge in [0.1, 0.15) is 17.3 Å². The molecular formula is C19H14F2N2O3S. The fourth-order valence-electron chi connectivity index (χ4n) is 2.36. The van der Waals surface area contributed by atoms with Crippen molar-refractivity contribution < 1.29 is 23.1 Å². The Morgan fingerprint density at radius 2 is 1.89 bits per heavy atom. The van der Waals surface area contributed by atoms with Crippen molar-refractivity contribution in [1.29, 1.82) is 0 Å². The van der Waals surface area contributed by atoms with E-state index in [2.05, 4.69) is 15.0 Å². The van der Waals surface area contributed by atoms with Crippen LogP contribution in [0.25, 0.3) is 0 Å². The molecule has 0 radical (unpaired) electrons. The van der Waals surface area contributed by atoms with Crippen LogP contribution >= 0.6 is 11.3 Å². The quantitative estimate of drug-likeness (QED) is 0.670. The largest absolute Gasteiger partial charge is 0.465 e. The summed E-state index contributed by atoms with van der Waals surface area (Å²) in [6.45, 7) is 0. The SMILES string of the molecule is COC(=O)c1cc(NC(=O)c2csc(Cc3ccccc3)n2)c(F)cc1F. The maximum Gasteiger partial charge on any atom is 0.340 e. The highest BCUT2D eigenvalue weighted by Gasteiger charge is 2.19. The third-order valence-electron chi connectivity index (χ3n) is 3.69. The topological polar surface area (TPSA) is 68.3 Å². The second-order valence-electron chi connectivity index (χ2n) is 5.55. The van der Waals surface area contributed by atoms with Gasteiger partial charge in [-0.25, -0.2) is 18.6 Å². The van der Waals surface area contributed by atoms with Crippen LogP contribution in [-0.4, -0.2) is 24.0 Å². The molecule has 0 aliphatic rings. The van der Waals surface area contributed by atoms with E-state index in [1.54, 1.807) is 5.38 Å². The highest BCUT2D eigenvalue weighted by Crippen LogP contribution is 2.22. The summed E-state index contributed by atoms with van der Waals surface area (Å²) in [5.41, 5.74) is 0.344. The number of carbonyl (C=O) groups is 2. The molecule has 0 saturated carbocycles. The van der Waals surface area contributed by atoms with Gasteiger partial charge in [0.2, 0.25) is 0 Å². The Morgan fingerprint density at radius 1 is 1.15 bits per heavy atom. The van der Waals surface area contributed by atoms with Crippen molar-refractivity contribution in [2.75, 3.05) is 12.4 Å². The predicted molar refractivity (Wildman–Crippen MR) is 97.0 cm³/mol. The van der Waals surface area contributed by atoms with Crippen LogP contribution in [0.4, 0.5) is 14.5 Å². The molecule has 1 aromatic heterocycles.